The van der Waals surface area contributed by atoms with Crippen LogP contribution < -0.4 is 16.6 Å². The van der Waals surface area contributed by atoms with Crippen molar-refractivity contribution < 1.29 is 17.9 Å². The lowest BCUT2D eigenvalue weighted by Crippen LogP contribution is -2.20. The van der Waals surface area contributed by atoms with Crippen molar-refractivity contribution in [3.8, 4) is 0 Å². The number of aromatic nitrogens is 3. The van der Waals surface area contributed by atoms with Gasteiger partial charge in [0.2, 0.25) is 0 Å². The molecule has 110 valence electrons. The molecule has 7 nitrogen and oxygen atoms in total. The van der Waals surface area contributed by atoms with Crippen molar-refractivity contribution in [1.82, 2.24) is 14.4 Å². The van der Waals surface area contributed by atoms with Crippen LogP contribution in [0.5, 0.6) is 0 Å². The van der Waals surface area contributed by atoms with Crippen molar-refractivity contribution in [1.29, 1.82) is 0 Å². The van der Waals surface area contributed by atoms with Gasteiger partial charge in [-0.3, -0.25) is 0 Å². The summed E-state index contributed by atoms with van der Waals surface area (Å²) in [6, 6.07) is 0. The highest BCUT2D eigenvalue weighted by molar-refractivity contribution is 5.65. The van der Waals surface area contributed by atoms with E-state index in [0.717, 1.165) is 0 Å². The van der Waals surface area contributed by atoms with Crippen molar-refractivity contribution >= 4 is 17.3 Å². The van der Waals surface area contributed by atoms with Crippen LogP contribution in [-0.2, 0) is 4.74 Å². The summed E-state index contributed by atoms with van der Waals surface area (Å²) < 4.78 is 41.8. The number of imidazole rings is 1. The van der Waals surface area contributed by atoms with Crippen LogP contribution in [0.25, 0.3) is 5.65 Å². The minimum atomic E-state index is -4.32. The third-order valence-electron chi connectivity index (χ3n) is 2.33. The summed E-state index contributed by atoms with van der Waals surface area (Å²) in [6.07, 6.45) is 0.581. The summed E-state index contributed by atoms with van der Waals surface area (Å²) in [7, 11) is 0. The van der Waals surface area contributed by atoms with Crippen LogP contribution in [0.1, 0.15) is 0 Å². The van der Waals surface area contributed by atoms with Crippen LogP contribution in [0.3, 0.4) is 0 Å². The van der Waals surface area contributed by atoms with Gasteiger partial charge in [-0.2, -0.15) is 13.2 Å². The first-order valence-corrected chi connectivity index (χ1v) is 5.68. The molecule has 10 heteroatoms. The van der Waals surface area contributed by atoms with Gasteiger partial charge in [0.15, 0.2) is 17.3 Å². The van der Waals surface area contributed by atoms with Gasteiger partial charge in [-0.25, -0.2) is 15.8 Å². The Morgan fingerprint density at radius 3 is 2.90 bits per heavy atom. The summed E-state index contributed by atoms with van der Waals surface area (Å²) in [4.78, 5) is 8.21. The number of nitrogens with two attached hydrogens (primary N) is 1. The van der Waals surface area contributed by atoms with Gasteiger partial charge in [-0.15, -0.1) is 0 Å². The number of rotatable bonds is 6. The zero-order chi connectivity index (χ0) is 14.6. The first kappa shape index (κ1) is 14.3. The van der Waals surface area contributed by atoms with Crippen molar-refractivity contribution in [2.75, 3.05) is 30.5 Å². The summed E-state index contributed by atoms with van der Waals surface area (Å²) in [5.74, 6) is 6.08. The molecule has 2 heterocycles. The van der Waals surface area contributed by atoms with Crippen LogP contribution in [0.4, 0.5) is 24.8 Å². The average molecular weight is 290 g/mol. The smallest absolute Gasteiger partial charge is 0.370 e. The topological polar surface area (TPSA) is 89.5 Å². The van der Waals surface area contributed by atoms with Crippen LogP contribution >= 0.6 is 0 Å². The molecule has 0 bridgehead atoms. The summed E-state index contributed by atoms with van der Waals surface area (Å²) in [5.41, 5.74) is 2.93. The van der Waals surface area contributed by atoms with Crippen molar-refractivity contribution in [2.45, 2.75) is 6.18 Å². The molecule has 0 atom stereocenters. The fourth-order valence-electron chi connectivity index (χ4n) is 1.55. The van der Waals surface area contributed by atoms with Crippen molar-refractivity contribution in [3.05, 3.63) is 18.6 Å². The van der Waals surface area contributed by atoms with E-state index in [2.05, 4.69) is 25.4 Å². The van der Waals surface area contributed by atoms with Gasteiger partial charge in [-0.1, -0.05) is 0 Å². The number of fused-ring (bicyclic) bond motifs is 1. The number of alkyl halides is 3. The highest BCUT2D eigenvalue weighted by atomic mass is 19.4. The van der Waals surface area contributed by atoms with E-state index in [-0.39, 0.29) is 13.2 Å². The molecular formula is C10H13F3N6O. The fourth-order valence-corrected chi connectivity index (χ4v) is 1.55. The molecule has 0 unspecified atom stereocenters. The lowest BCUT2D eigenvalue weighted by molar-refractivity contribution is -0.172. The summed E-state index contributed by atoms with van der Waals surface area (Å²) in [5, 5.41) is 2.85. The van der Waals surface area contributed by atoms with Crippen molar-refractivity contribution in [2.24, 2.45) is 5.84 Å². The van der Waals surface area contributed by atoms with E-state index in [1.807, 2.05) is 0 Å². The number of ether oxygens (including phenoxy) is 1. The van der Waals surface area contributed by atoms with Crippen LogP contribution in [0.15, 0.2) is 18.6 Å². The van der Waals surface area contributed by atoms with Gasteiger partial charge in [0, 0.05) is 18.9 Å². The summed E-state index contributed by atoms with van der Waals surface area (Å²) >= 11 is 0. The standard InChI is InChI=1S/C10H13F3N6O/c11-10(12,13)6-20-4-2-15-8-9-16-1-3-19(9)5-7(17-8)18-14/h1,3,5,18H,2,4,6,14H2,(H,15,17). The molecule has 0 saturated heterocycles. The molecule has 0 aliphatic rings. The highest BCUT2D eigenvalue weighted by Crippen LogP contribution is 2.16. The molecule has 0 aliphatic heterocycles. The van der Waals surface area contributed by atoms with E-state index < -0.39 is 12.8 Å². The minimum absolute atomic E-state index is 0.103. The number of hydrazine groups is 1. The van der Waals surface area contributed by atoms with E-state index in [4.69, 9.17) is 5.84 Å². The van der Waals surface area contributed by atoms with E-state index in [0.29, 0.717) is 17.3 Å². The number of hydrogen-bond donors (Lipinski definition) is 3. The number of hydrogen-bond acceptors (Lipinski definition) is 6. The van der Waals surface area contributed by atoms with Gasteiger partial charge < -0.3 is 19.9 Å². The van der Waals surface area contributed by atoms with Gasteiger partial charge in [0.05, 0.1) is 12.8 Å². The molecule has 0 aliphatic carbocycles. The Balaban J connectivity index is 1.94. The van der Waals surface area contributed by atoms with Crippen LogP contribution in [0, 0.1) is 0 Å². The molecule has 0 radical (unpaired) electrons. The lowest BCUT2D eigenvalue weighted by Gasteiger charge is -2.10. The zero-order valence-electron chi connectivity index (χ0n) is 10.3. The van der Waals surface area contributed by atoms with Gasteiger partial charge in [0.25, 0.3) is 0 Å². The lowest BCUT2D eigenvalue weighted by atomic mass is 10.5. The molecule has 0 amide bonds. The van der Waals surface area contributed by atoms with E-state index in [9.17, 15) is 13.2 Å². The maximum Gasteiger partial charge on any atom is 0.411 e. The van der Waals surface area contributed by atoms with Gasteiger partial charge in [-0.05, 0) is 0 Å². The predicted molar refractivity (Wildman–Crippen MR) is 66.2 cm³/mol. The highest BCUT2D eigenvalue weighted by Gasteiger charge is 2.27. The Morgan fingerprint density at radius 1 is 1.40 bits per heavy atom. The molecule has 2 rings (SSSR count). The number of anilines is 2. The average Bonchev–Trinajstić information content (AvgIpc) is 2.84. The second-order valence-electron chi connectivity index (χ2n) is 3.87. The first-order chi connectivity index (χ1) is 9.49. The third-order valence-corrected chi connectivity index (χ3v) is 2.33. The molecule has 4 N–H and O–H groups in total. The molecule has 0 spiro atoms. The molecule has 2 aromatic rings. The minimum Gasteiger partial charge on any atom is -0.370 e. The van der Waals surface area contributed by atoms with Gasteiger partial charge in [0.1, 0.15) is 6.61 Å². The Bertz CT molecular complexity index is 570. The largest absolute Gasteiger partial charge is 0.411 e. The van der Waals surface area contributed by atoms with E-state index >= 15 is 0 Å². The Labute approximate surface area is 111 Å². The molecule has 20 heavy (non-hydrogen) atoms. The SMILES string of the molecule is NNc1cn2ccnc2c(NCCOCC(F)(F)F)n1. The zero-order valence-corrected chi connectivity index (χ0v) is 10.3. The molecule has 0 saturated carbocycles. The monoisotopic (exact) mass is 290 g/mol. The van der Waals surface area contributed by atoms with E-state index in [1.165, 1.54) is 0 Å². The van der Waals surface area contributed by atoms with Crippen LogP contribution in [0.2, 0.25) is 0 Å². The van der Waals surface area contributed by atoms with Gasteiger partial charge >= 0.3 is 6.18 Å². The Hall–Kier alpha value is -2.07. The quantitative estimate of drug-likeness (QED) is 0.418. The maximum absolute atomic E-state index is 11.9. The molecule has 2 aromatic heterocycles. The van der Waals surface area contributed by atoms with E-state index in [1.54, 1.807) is 23.0 Å². The number of halogens is 3. The first-order valence-electron chi connectivity index (χ1n) is 5.68. The molecular weight excluding hydrogens is 277 g/mol. The molecule has 0 fully saturated rings. The Morgan fingerprint density at radius 2 is 2.20 bits per heavy atom. The predicted octanol–water partition coefficient (Wildman–Crippen LogP) is 1.01. The fraction of sp³-hybridized carbons (Fsp3) is 0.400. The number of nitrogens with zero attached hydrogens (tertiary/aromatic N) is 3. The molecule has 0 aromatic carbocycles. The third kappa shape index (κ3) is 3.71. The van der Waals surface area contributed by atoms with Crippen molar-refractivity contribution in [3.63, 3.8) is 0 Å². The number of nitrogen functional groups attached to an aromatic ring is 1. The second kappa shape index (κ2) is 5.92. The Kier molecular flexibility index (Phi) is 4.25. The normalized spacial score (nSPS) is 11.8. The van der Waals surface area contributed by atoms with Crippen LogP contribution in [-0.4, -0.2) is 40.3 Å². The number of nitrogens with one attached hydrogen (secondary N) is 2. The maximum atomic E-state index is 11.9. The second-order valence-corrected chi connectivity index (χ2v) is 3.87. The summed E-state index contributed by atoms with van der Waals surface area (Å²) in [6.45, 7) is -1.21.